The molecule has 0 radical (unpaired) electrons. The van der Waals surface area contributed by atoms with Crippen LogP contribution in [0.1, 0.15) is 81.5 Å². The Morgan fingerprint density at radius 1 is 0.958 bits per heavy atom. The lowest BCUT2D eigenvalue weighted by Gasteiger charge is -2.07. The van der Waals surface area contributed by atoms with Gasteiger partial charge in [-0.15, -0.1) is 0 Å². The zero-order chi connectivity index (χ0) is 17.6. The number of hydrogen-bond acceptors (Lipinski definition) is 4. The van der Waals surface area contributed by atoms with Crippen molar-refractivity contribution in [3.05, 3.63) is 29.8 Å². The largest absolute Gasteiger partial charge is 0.398 e. The van der Waals surface area contributed by atoms with Crippen molar-refractivity contribution in [3.63, 3.8) is 0 Å². The maximum atomic E-state index is 11.8. The molecule has 5 nitrogen and oxygen atoms in total. The Morgan fingerprint density at radius 3 is 2.17 bits per heavy atom. The lowest BCUT2D eigenvalue weighted by Crippen LogP contribution is -2.27. The first-order valence-electron chi connectivity index (χ1n) is 8.99. The number of hydrogen-bond donors (Lipinski definition) is 2. The van der Waals surface area contributed by atoms with E-state index in [9.17, 15) is 9.59 Å². The third-order valence-electron chi connectivity index (χ3n) is 3.95. The van der Waals surface area contributed by atoms with Crippen LogP contribution in [0, 0.1) is 0 Å². The van der Waals surface area contributed by atoms with Crippen molar-refractivity contribution in [2.24, 2.45) is 0 Å². The Morgan fingerprint density at radius 2 is 1.54 bits per heavy atom. The second kappa shape index (κ2) is 12.4. The molecule has 0 aliphatic carbocycles. The molecule has 1 aromatic rings. The number of para-hydroxylation sites is 1. The van der Waals surface area contributed by atoms with Gasteiger partial charge in [-0.25, -0.2) is 4.79 Å². The zero-order valence-electron chi connectivity index (χ0n) is 14.7. The lowest BCUT2D eigenvalue weighted by atomic mass is 10.1. The van der Waals surface area contributed by atoms with Gasteiger partial charge in [-0.3, -0.25) is 4.79 Å². The number of rotatable bonds is 11. The Kier molecular flexibility index (Phi) is 10.3. The molecule has 0 saturated heterocycles. The molecule has 1 aromatic carbocycles. The summed E-state index contributed by atoms with van der Waals surface area (Å²) in [5.74, 6) is -0.922. The van der Waals surface area contributed by atoms with E-state index >= 15 is 0 Å². The van der Waals surface area contributed by atoms with Crippen LogP contribution >= 0.6 is 0 Å². The predicted octanol–water partition coefficient (Wildman–Crippen LogP) is 4.38. The number of nitrogens with one attached hydrogen (secondary N) is 1. The van der Waals surface area contributed by atoms with Crippen molar-refractivity contribution in [2.75, 3.05) is 5.73 Å². The molecule has 0 unspecified atom stereocenters. The summed E-state index contributed by atoms with van der Waals surface area (Å²) in [7, 11) is 0. The van der Waals surface area contributed by atoms with Crippen LogP contribution in [0.3, 0.4) is 0 Å². The first-order chi connectivity index (χ1) is 11.6. The van der Waals surface area contributed by atoms with E-state index in [2.05, 4.69) is 12.4 Å². The quantitative estimate of drug-likeness (QED) is 0.357. The Labute approximate surface area is 144 Å². The number of amides is 1. The van der Waals surface area contributed by atoms with E-state index in [4.69, 9.17) is 10.6 Å². The van der Waals surface area contributed by atoms with Crippen molar-refractivity contribution in [1.29, 1.82) is 0 Å². The summed E-state index contributed by atoms with van der Waals surface area (Å²) in [6, 6.07) is 6.59. The van der Waals surface area contributed by atoms with E-state index in [0.717, 1.165) is 19.3 Å². The molecule has 0 bridgehead atoms. The summed E-state index contributed by atoms with van der Waals surface area (Å²) in [5.41, 5.74) is 8.45. The molecule has 0 heterocycles. The molecular weight excluding hydrogens is 304 g/mol. The maximum absolute atomic E-state index is 11.8. The number of hydroxylamine groups is 1. The minimum absolute atomic E-state index is 0.251. The van der Waals surface area contributed by atoms with Gasteiger partial charge in [-0.1, -0.05) is 70.4 Å². The molecular formula is C19H30N2O3. The molecule has 5 heteroatoms. The Bertz CT molecular complexity index is 503. The van der Waals surface area contributed by atoms with E-state index in [0.29, 0.717) is 12.1 Å². The minimum atomic E-state index is -0.645. The molecule has 0 aliphatic heterocycles. The molecule has 1 amide bonds. The topological polar surface area (TPSA) is 81.4 Å². The van der Waals surface area contributed by atoms with Crippen LogP contribution in [0.15, 0.2) is 24.3 Å². The number of nitrogen functional groups attached to an aromatic ring is 1. The molecule has 0 spiro atoms. The normalized spacial score (nSPS) is 10.4. The molecule has 1 rings (SSSR count). The molecule has 0 fully saturated rings. The van der Waals surface area contributed by atoms with Crippen LogP contribution in [0.2, 0.25) is 0 Å². The molecule has 0 aliphatic rings. The zero-order valence-corrected chi connectivity index (χ0v) is 14.7. The van der Waals surface area contributed by atoms with Crippen molar-refractivity contribution in [1.82, 2.24) is 5.48 Å². The minimum Gasteiger partial charge on any atom is -0.398 e. The molecule has 134 valence electrons. The van der Waals surface area contributed by atoms with E-state index in [1.807, 2.05) is 0 Å². The summed E-state index contributed by atoms with van der Waals surface area (Å²) < 4.78 is 0. The van der Waals surface area contributed by atoms with Crippen LogP contribution in [-0.4, -0.2) is 11.9 Å². The summed E-state index contributed by atoms with van der Waals surface area (Å²) in [6.07, 6.45) is 11.1. The highest BCUT2D eigenvalue weighted by Crippen LogP contribution is 2.12. The monoisotopic (exact) mass is 334 g/mol. The van der Waals surface area contributed by atoms with E-state index in [-0.39, 0.29) is 11.5 Å². The average molecular weight is 334 g/mol. The highest BCUT2D eigenvalue weighted by atomic mass is 16.7. The SMILES string of the molecule is CCCCCCCCCCCC(=O)NOC(=O)c1ccccc1N. The van der Waals surface area contributed by atoms with Gasteiger partial charge in [0.25, 0.3) is 5.91 Å². The number of carbonyl (C=O) groups is 2. The fourth-order valence-electron chi connectivity index (χ4n) is 2.49. The van der Waals surface area contributed by atoms with Crippen LogP contribution in [0.25, 0.3) is 0 Å². The fourth-order valence-corrected chi connectivity index (χ4v) is 2.49. The van der Waals surface area contributed by atoms with Crippen LogP contribution in [0.5, 0.6) is 0 Å². The second-order valence-electron chi connectivity index (χ2n) is 6.08. The predicted molar refractivity (Wildman–Crippen MR) is 96.3 cm³/mol. The first kappa shape index (κ1) is 20.0. The molecule has 0 atom stereocenters. The van der Waals surface area contributed by atoms with Gasteiger partial charge < -0.3 is 10.6 Å². The van der Waals surface area contributed by atoms with Gasteiger partial charge in [0, 0.05) is 12.1 Å². The van der Waals surface area contributed by atoms with Crippen molar-refractivity contribution in [2.45, 2.75) is 71.1 Å². The molecule has 24 heavy (non-hydrogen) atoms. The summed E-state index contributed by atoms with van der Waals surface area (Å²) in [4.78, 5) is 28.2. The van der Waals surface area contributed by atoms with E-state index in [1.165, 1.54) is 38.5 Å². The summed E-state index contributed by atoms with van der Waals surface area (Å²) in [6.45, 7) is 2.22. The maximum Gasteiger partial charge on any atom is 0.365 e. The fraction of sp³-hybridized carbons (Fsp3) is 0.579. The van der Waals surface area contributed by atoms with Gasteiger partial charge >= 0.3 is 5.97 Å². The van der Waals surface area contributed by atoms with Gasteiger partial charge in [-0.2, -0.15) is 5.48 Å². The molecule has 0 aromatic heterocycles. The highest BCUT2D eigenvalue weighted by molar-refractivity contribution is 5.95. The van der Waals surface area contributed by atoms with Crippen LogP contribution in [0.4, 0.5) is 5.69 Å². The van der Waals surface area contributed by atoms with Crippen LogP contribution < -0.4 is 11.2 Å². The molecule has 3 N–H and O–H groups in total. The van der Waals surface area contributed by atoms with Crippen molar-refractivity contribution < 1.29 is 14.4 Å². The van der Waals surface area contributed by atoms with Crippen molar-refractivity contribution in [3.8, 4) is 0 Å². The van der Waals surface area contributed by atoms with Gasteiger partial charge in [0.1, 0.15) is 0 Å². The van der Waals surface area contributed by atoms with Gasteiger partial charge in [0.15, 0.2) is 0 Å². The third-order valence-corrected chi connectivity index (χ3v) is 3.95. The van der Waals surface area contributed by atoms with Crippen molar-refractivity contribution >= 4 is 17.6 Å². The van der Waals surface area contributed by atoms with Gasteiger partial charge in [0.05, 0.1) is 5.56 Å². The Balaban J connectivity index is 2.04. The molecule has 0 saturated carbocycles. The number of unbranched alkanes of at least 4 members (excludes halogenated alkanes) is 8. The van der Waals surface area contributed by atoms with Crippen LogP contribution in [-0.2, 0) is 9.63 Å². The first-order valence-corrected chi connectivity index (χ1v) is 8.99. The summed E-state index contributed by atoms with van der Waals surface area (Å²) in [5, 5.41) is 0. The highest BCUT2D eigenvalue weighted by Gasteiger charge is 2.12. The smallest absolute Gasteiger partial charge is 0.365 e. The summed E-state index contributed by atoms with van der Waals surface area (Å²) >= 11 is 0. The van der Waals surface area contributed by atoms with E-state index in [1.54, 1.807) is 24.3 Å². The number of nitrogens with two attached hydrogens (primary N) is 1. The average Bonchev–Trinajstić information content (AvgIpc) is 2.58. The van der Waals surface area contributed by atoms with Gasteiger partial charge in [0.2, 0.25) is 0 Å². The number of anilines is 1. The number of benzene rings is 1. The second-order valence-corrected chi connectivity index (χ2v) is 6.08. The third kappa shape index (κ3) is 8.56. The van der Waals surface area contributed by atoms with Gasteiger partial charge in [-0.05, 0) is 18.6 Å². The standard InChI is InChI=1S/C19H30N2O3/c1-2-3-4-5-6-7-8-9-10-15-18(22)21-24-19(23)16-13-11-12-14-17(16)20/h11-14H,2-10,15,20H2,1H3,(H,21,22). The van der Waals surface area contributed by atoms with E-state index < -0.39 is 5.97 Å². The lowest BCUT2D eigenvalue weighted by molar-refractivity contribution is -0.130. The number of carbonyl (C=O) groups excluding carboxylic acids is 2. The Hall–Kier alpha value is -2.04.